The van der Waals surface area contributed by atoms with Gasteiger partial charge in [0, 0.05) is 22.7 Å². The average Bonchev–Trinajstić information content (AvgIpc) is 3.47. The van der Waals surface area contributed by atoms with Crippen LogP contribution < -0.4 is 5.32 Å². The Kier molecular flexibility index (Phi) is 5.40. The van der Waals surface area contributed by atoms with E-state index in [9.17, 15) is 0 Å². The van der Waals surface area contributed by atoms with Gasteiger partial charge in [-0.25, -0.2) is 14.6 Å². The fourth-order valence-corrected chi connectivity index (χ4v) is 3.65. The lowest BCUT2D eigenvalue weighted by molar-refractivity contribution is 0.559. The minimum absolute atomic E-state index is 0.00163. The van der Waals surface area contributed by atoms with Crippen molar-refractivity contribution >= 4 is 5.95 Å². The molecule has 5 rings (SSSR count). The molecule has 0 aliphatic heterocycles. The standard InChI is InChI=1S/C26H29N7/c1-17-7-5-8-18(13-17)21-14-22(30-25(29-21)28-19-11-12-19)23-16-33(32-31-23)15-20-9-6-10-24(27-20)26(2,3)4/h5-10,13-14,16,19H,11-12,15H2,1-4H3,(H,28,29,30). The number of hydrogen-bond acceptors (Lipinski definition) is 6. The highest BCUT2D eigenvalue weighted by Crippen LogP contribution is 2.28. The molecule has 1 aliphatic carbocycles. The van der Waals surface area contributed by atoms with Gasteiger partial charge in [-0.2, -0.15) is 0 Å². The minimum Gasteiger partial charge on any atom is -0.351 e. The third-order valence-electron chi connectivity index (χ3n) is 5.65. The van der Waals surface area contributed by atoms with Gasteiger partial charge in [-0.05, 0) is 44.0 Å². The maximum absolute atomic E-state index is 4.81. The van der Waals surface area contributed by atoms with Crippen molar-refractivity contribution in [2.45, 2.75) is 58.5 Å². The second-order valence-corrected chi connectivity index (χ2v) is 9.82. The van der Waals surface area contributed by atoms with Gasteiger partial charge in [0.2, 0.25) is 5.95 Å². The number of rotatable bonds is 6. The molecule has 3 heterocycles. The third kappa shape index (κ3) is 5.08. The molecule has 0 unspecified atom stereocenters. The van der Waals surface area contributed by atoms with Crippen LogP contribution in [0.3, 0.4) is 0 Å². The largest absolute Gasteiger partial charge is 0.351 e. The van der Waals surface area contributed by atoms with E-state index in [4.69, 9.17) is 15.0 Å². The first-order valence-corrected chi connectivity index (χ1v) is 11.4. The highest BCUT2D eigenvalue weighted by atomic mass is 15.4. The summed E-state index contributed by atoms with van der Waals surface area (Å²) in [6.07, 6.45) is 4.24. The molecular formula is C26H29N7. The highest BCUT2D eigenvalue weighted by Gasteiger charge is 2.23. The molecule has 1 aromatic carbocycles. The van der Waals surface area contributed by atoms with Crippen molar-refractivity contribution in [1.82, 2.24) is 29.9 Å². The van der Waals surface area contributed by atoms with E-state index in [1.165, 1.54) is 5.56 Å². The summed E-state index contributed by atoms with van der Waals surface area (Å²) in [6, 6.07) is 16.9. The molecule has 7 nitrogen and oxygen atoms in total. The predicted octanol–water partition coefficient (Wildman–Crippen LogP) is 5.03. The Bertz CT molecular complexity index is 1280. The average molecular weight is 440 g/mol. The van der Waals surface area contributed by atoms with E-state index < -0.39 is 0 Å². The summed E-state index contributed by atoms with van der Waals surface area (Å²) in [7, 11) is 0. The fraction of sp³-hybridized carbons (Fsp3) is 0.346. The molecule has 33 heavy (non-hydrogen) atoms. The van der Waals surface area contributed by atoms with Crippen LogP contribution in [-0.2, 0) is 12.0 Å². The fourth-order valence-electron chi connectivity index (χ4n) is 3.65. The summed E-state index contributed by atoms with van der Waals surface area (Å²) in [5.74, 6) is 0.639. The molecule has 0 radical (unpaired) electrons. The van der Waals surface area contributed by atoms with Crippen molar-refractivity contribution in [1.29, 1.82) is 0 Å². The number of aromatic nitrogens is 6. The molecule has 0 spiro atoms. The van der Waals surface area contributed by atoms with Crippen LogP contribution >= 0.6 is 0 Å². The molecule has 1 fully saturated rings. The molecule has 168 valence electrons. The van der Waals surface area contributed by atoms with E-state index in [1.807, 2.05) is 23.0 Å². The number of benzene rings is 1. The lowest BCUT2D eigenvalue weighted by atomic mass is 9.91. The van der Waals surface area contributed by atoms with Crippen molar-refractivity contribution in [2.75, 3.05) is 5.32 Å². The molecule has 3 aromatic heterocycles. The summed E-state index contributed by atoms with van der Waals surface area (Å²) < 4.78 is 1.81. The lowest BCUT2D eigenvalue weighted by Gasteiger charge is -2.18. The lowest BCUT2D eigenvalue weighted by Crippen LogP contribution is -2.15. The van der Waals surface area contributed by atoms with Crippen LogP contribution in [0.15, 0.2) is 54.7 Å². The Hall–Kier alpha value is -3.61. The Balaban J connectivity index is 1.45. The van der Waals surface area contributed by atoms with Crippen LogP contribution in [0.4, 0.5) is 5.95 Å². The SMILES string of the molecule is Cc1cccc(-c2cc(-c3cn(Cc4cccc(C(C)(C)C)n4)nn3)nc(NC3CC3)n2)c1. The summed E-state index contributed by atoms with van der Waals surface area (Å²) in [5, 5.41) is 12.2. The van der Waals surface area contributed by atoms with Gasteiger partial charge in [0.15, 0.2) is 0 Å². The van der Waals surface area contributed by atoms with Crippen LogP contribution in [0.1, 0.15) is 50.6 Å². The molecule has 0 amide bonds. The van der Waals surface area contributed by atoms with Crippen LogP contribution in [0.5, 0.6) is 0 Å². The van der Waals surface area contributed by atoms with Crippen LogP contribution in [0.25, 0.3) is 22.6 Å². The molecule has 1 aliphatic rings. The van der Waals surface area contributed by atoms with Gasteiger partial charge in [0.05, 0.1) is 29.8 Å². The maximum Gasteiger partial charge on any atom is 0.224 e. The second kappa shape index (κ2) is 8.39. The van der Waals surface area contributed by atoms with E-state index in [2.05, 4.69) is 79.7 Å². The van der Waals surface area contributed by atoms with Crippen molar-refractivity contribution in [3.05, 3.63) is 71.7 Å². The third-order valence-corrected chi connectivity index (χ3v) is 5.65. The first-order valence-electron chi connectivity index (χ1n) is 11.4. The zero-order valence-electron chi connectivity index (χ0n) is 19.6. The van der Waals surface area contributed by atoms with E-state index in [1.54, 1.807) is 0 Å². The molecule has 0 saturated heterocycles. The van der Waals surface area contributed by atoms with E-state index in [0.717, 1.165) is 46.9 Å². The molecule has 0 atom stereocenters. The molecule has 0 bridgehead atoms. The number of anilines is 1. The van der Waals surface area contributed by atoms with Gasteiger partial charge in [-0.3, -0.25) is 4.98 Å². The van der Waals surface area contributed by atoms with Gasteiger partial charge in [0.25, 0.3) is 0 Å². The summed E-state index contributed by atoms with van der Waals surface area (Å²) in [6.45, 7) is 9.14. The van der Waals surface area contributed by atoms with Crippen molar-refractivity contribution in [3.8, 4) is 22.6 Å². The molecule has 4 aromatic rings. The van der Waals surface area contributed by atoms with Crippen LogP contribution in [-0.4, -0.2) is 36.0 Å². The summed E-state index contributed by atoms with van der Waals surface area (Å²) in [4.78, 5) is 14.3. The predicted molar refractivity (Wildman–Crippen MR) is 130 cm³/mol. The molecule has 1 N–H and O–H groups in total. The number of nitrogens with zero attached hydrogens (tertiary/aromatic N) is 6. The first-order chi connectivity index (χ1) is 15.8. The van der Waals surface area contributed by atoms with Gasteiger partial charge in [-0.15, -0.1) is 5.10 Å². The van der Waals surface area contributed by atoms with Crippen LogP contribution in [0.2, 0.25) is 0 Å². The summed E-state index contributed by atoms with van der Waals surface area (Å²) >= 11 is 0. The number of hydrogen-bond donors (Lipinski definition) is 1. The van der Waals surface area contributed by atoms with E-state index >= 15 is 0 Å². The second-order valence-electron chi connectivity index (χ2n) is 9.82. The summed E-state index contributed by atoms with van der Waals surface area (Å²) in [5.41, 5.74) is 6.63. The van der Waals surface area contributed by atoms with Gasteiger partial charge in [-0.1, -0.05) is 55.8 Å². The smallest absolute Gasteiger partial charge is 0.224 e. The maximum atomic E-state index is 4.81. The quantitative estimate of drug-likeness (QED) is 0.454. The minimum atomic E-state index is 0.00163. The van der Waals surface area contributed by atoms with Crippen molar-refractivity contribution in [3.63, 3.8) is 0 Å². The van der Waals surface area contributed by atoms with Gasteiger partial charge in [0.1, 0.15) is 5.69 Å². The zero-order valence-corrected chi connectivity index (χ0v) is 19.6. The molecule has 7 heteroatoms. The monoisotopic (exact) mass is 439 g/mol. The normalized spacial score (nSPS) is 13.8. The van der Waals surface area contributed by atoms with Gasteiger partial charge < -0.3 is 5.32 Å². The number of pyridine rings is 1. The van der Waals surface area contributed by atoms with E-state index in [0.29, 0.717) is 18.5 Å². The highest BCUT2D eigenvalue weighted by molar-refractivity contribution is 5.68. The zero-order chi connectivity index (χ0) is 23.0. The Labute approximate surface area is 194 Å². The molecule has 1 saturated carbocycles. The van der Waals surface area contributed by atoms with Crippen molar-refractivity contribution < 1.29 is 0 Å². The number of aryl methyl sites for hydroxylation is 1. The topological polar surface area (TPSA) is 81.4 Å². The first kappa shape index (κ1) is 21.2. The Morgan fingerprint density at radius 1 is 0.939 bits per heavy atom. The number of nitrogens with one attached hydrogen (secondary N) is 1. The van der Waals surface area contributed by atoms with E-state index in [-0.39, 0.29) is 5.41 Å². The van der Waals surface area contributed by atoms with Gasteiger partial charge >= 0.3 is 0 Å². The van der Waals surface area contributed by atoms with Crippen LogP contribution in [0, 0.1) is 6.92 Å². The van der Waals surface area contributed by atoms with Crippen molar-refractivity contribution in [2.24, 2.45) is 0 Å². The molecular weight excluding hydrogens is 410 g/mol. The Morgan fingerprint density at radius 3 is 2.48 bits per heavy atom. The Morgan fingerprint density at radius 2 is 1.73 bits per heavy atom.